The van der Waals surface area contributed by atoms with Crippen molar-refractivity contribution in [2.24, 2.45) is 0 Å². The number of nitrogens with one attached hydrogen (secondary N) is 1. The standard InChI is InChI=1S/C14H12BrNO2/c1-18-13-7-5-10(6-8-13)14(17)16-12-4-2-3-11(15)9-12/h2-9H,1H3,(H,16,17). The molecule has 0 heterocycles. The van der Waals surface area contributed by atoms with Crippen LogP contribution in [0.4, 0.5) is 5.69 Å². The topological polar surface area (TPSA) is 38.3 Å². The minimum absolute atomic E-state index is 0.143. The lowest BCUT2D eigenvalue weighted by molar-refractivity contribution is 0.102. The minimum atomic E-state index is -0.143. The highest BCUT2D eigenvalue weighted by atomic mass is 79.9. The zero-order valence-corrected chi connectivity index (χ0v) is 11.4. The van der Waals surface area contributed by atoms with Crippen LogP contribution in [0.3, 0.4) is 0 Å². The lowest BCUT2D eigenvalue weighted by Gasteiger charge is -2.06. The second-order valence-electron chi connectivity index (χ2n) is 3.69. The van der Waals surface area contributed by atoms with E-state index in [0.29, 0.717) is 5.56 Å². The van der Waals surface area contributed by atoms with Crippen molar-refractivity contribution in [3.05, 3.63) is 58.6 Å². The normalized spacial score (nSPS) is 9.89. The van der Waals surface area contributed by atoms with Gasteiger partial charge in [-0.25, -0.2) is 0 Å². The van der Waals surface area contributed by atoms with Crippen molar-refractivity contribution in [1.29, 1.82) is 0 Å². The van der Waals surface area contributed by atoms with Crippen molar-refractivity contribution < 1.29 is 9.53 Å². The number of benzene rings is 2. The summed E-state index contributed by atoms with van der Waals surface area (Å²) in [6.07, 6.45) is 0. The van der Waals surface area contributed by atoms with E-state index in [1.807, 2.05) is 24.3 Å². The number of rotatable bonds is 3. The molecule has 0 atom stereocenters. The van der Waals surface area contributed by atoms with Gasteiger partial charge in [0.15, 0.2) is 0 Å². The van der Waals surface area contributed by atoms with Crippen LogP contribution in [0.5, 0.6) is 5.75 Å². The highest BCUT2D eigenvalue weighted by Crippen LogP contribution is 2.17. The maximum atomic E-state index is 12.0. The molecule has 0 radical (unpaired) electrons. The molecule has 2 aromatic rings. The van der Waals surface area contributed by atoms with Gasteiger partial charge in [-0.2, -0.15) is 0 Å². The average molecular weight is 306 g/mol. The quantitative estimate of drug-likeness (QED) is 0.939. The number of amides is 1. The molecular weight excluding hydrogens is 294 g/mol. The summed E-state index contributed by atoms with van der Waals surface area (Å²) in [5.74, 6) is 0.588. The van der Waals surface area contributed by atoms with Crippen LogP contribution in [0.25, 0.3) is 0 Å². The number of carbonyl (C=O) groups is 1. The third kappa shape index (κ3) is 3.11. The van der Waals surface area contributed by atoms with Crippen molar-refractivity contribution >= 4 is 27.5 Å². The summed E-state index contributed by atoms with van der Waals surface area (Å²) in [5, 5.41) is 2.83. The Hall–Kier alpha value is -1.81. The molecule has 2 aromatic carbocycles. The Morgan fingerprint density at radius 2 is 1.89 bits per heavy atom. The summed E-state index contributed by atoms with van der Waals surface area (Å²) in [6.45, 7) is 0. The van der Waals surface area contributed by atoms with E-state index in [1.165, 1.54) is 0 Å². The average Bonchev–Trinajstić information content (AvgIpc) is 2.39. The fraction of sp³-hybridized carbons (Fsp3) is 0.0714. The monoisotopic (exact) mass is 305 g/mol. The van der Waals surface area contributed by atoms with Gasteiger partial charge in [-0.05, 0) is 42.5 Å². The number of carbonyl (C=O) groups excluding carboxylic acids is 1. The van der Waals surface area contributed by atoms with Gasteiger partial charge in [0.2, 0.25) is 0 Å². The molecule has 0 bridgehead atoms. The highest BCUT2D eigenvalue weighted by Gasteiger charge is 2.06. The van der Waals surface area contributed by atoms with Crippen LogP contribution in [0.2, 0.25) is 0 Å². The first-order valence-corrected chi connectivity index (χ1v) is 6.19. The molecule has 0 fully saturated rings. The molecule has 0 aliphatic rings. The summed E-state index contributed by atoms with van der Waals surface area (Å²) in [6, 6.07) is 14.4. The molecule has 1 N–H and O–H groups in total. The Morgan fingerprint density at radius 3 is 2.50 bits per heavy atom. The van der Waals surface area contributed by atoms with E-state index in [9.17, 15) is 4.79 Å². The maximum Gasteiger partial charge on any atom is 0.255 e. The summed E-state index contributed by atoms with van der Waals surface area (Å²) >= 11 is 3.36. The number of hydrogen-bond donors (Lipinski definition) is 1. The van der Waals surface area contributed by atoms with Gasteiger partial charge in [0.05, 0.1) is 7.11 Å². The zero-order valence-electron chi connectivity index (χ0n) is 9.81. The number of methoxy groups -OCH3 is 1. The van der Waals surface area contributed by atoms with E-state index < -0.39 is 0 Å². The van der Waals surface area contributed by atoms with Gasteiger partial charge < -0.3 is 10.1 Å². The number of anilines is 1. The lowest BCUT2D eigenvalue weighted by Crippen LogP contribution is -2.11. The minimum Gasteiger partial charge on any atom is -0.497 e. The zero-order chi connectivity index (χ0) is 13.0. The van der Waals surface area contributed by atoms with Crippen molar-refractivity contribution in [2.75, 3.05) is 12.4 Å². The van der Waals surface area contributed by atoms with Crippen LogP contribution >= 0.6 is 15.9 Å². The Morgan fingerprint density at radius 1 is 1.17 bits per heavy atom. The van der Waals surface area contributed by atoms with Crippen LogP contribution < -0.4 is 10.1 Å². The summed E-state index contributed by atoms with van der Waals surface area (Å²) in [4.78, 5) is 12.0. The first kappa shape index (κ1) is 12.6. The Labute approximate surface area is 114 Å². The fourth-order valence-electron chi connectivity index (χ4n) is 1.51. The predicted octanol–water partition coefficient (Wildman–Crippen LogP) is 3.71. The van der Waals surface area contributed by atoms with E-state index in [2.05, 4.69) is 21.2 Å². The molecule has 2 rings (SSSR count). The molecule has 3 nitrogen and oxygen atoms in total. The van der Waals surface area contributed by atoms with E-state index in [1.54, 1.807) is 31.4 Å². The smallest absolute Gasteiger partial charge is 0.255 e. The third-order valence-electron chi connectivity index (χ3n) is 2.43. The predicted molar refractivity (Wildman–Crippen MR) is 75.1 cm³/mol. The number of ether oxygens (including phenoxy) is 1. The van der Waals surface area contributed by atoms with Crippen molar-refractivity contribution in [2.45, 2.75) is 0 Å². The van der Waals surface area contributed by atoms with E-state index >= 15 is 0 Å². The van der Waals surface area contributed by atoms with Gasteiger partial charge in [-0.1, -0.05) is 22.0 Å². The molecular formula is C14H12BrNO2. The van der Waals surface area contributed by atoms with Gasteiger partial charge in [0.1, 0.15) is 5.75 Å². The molecule has 0 unspecified atom stereocenters. The molecule has 0 aromatic heterocycles. The van der Waals surface area contributed by atoms with Gasteiger partial charge in [-0.3, -0.25) is 4.79 Å². The molecule has 1 amide bonds. The third-order valence-corrected chi connectivity index (χ3v) is 2.93. The van der Waals surface area contributed by atoms with Gasteiger partial charge >= 0.3 is 0 Å². The largest absolute Gasteiger partial charge is 0.497 e. The Bertz CT molecular complexity index is 552. The molecule has 0 saturated heterocycles. The first-order valence-electron chi connectivity index (χ1n) is 5.40. The van der Waals surface area contributed by atoms with Gasteiger partial charge in [0.25, 0.3) is 5.91 Å². The fourth-order valence-corrected chi connectivity index (χ4v) is 1.91. The van der Waals surface area contributed by atoms with E-state index in [0.717, 1.165) is 15.9 Å². The first-order chi connectivity index (χ1) is 8.69. The van der Waals surface area contributed by atoms with Crippen LogP contribution in [0, 0.1) is 0 Å². The van der Waals surface area contributed by atoms with Crippen molar-refractivity contribution in [3.63, 3.8) is 0 Å². The Kier molecular flexibility index (Phi) is 3.99. The van der Waals surface area contributed by atoms with Crippen LogP contribution in [-0.2, 0) is 0 Å². The maximum absolute atomic E-state index is 12.0. The van der Waals surface area contributed by atoms with E-state index in [-0.39, 0.29) is 5.91 Å². The SMILES string of the molecule is COc1ccc(C(=O)Nc2cccc(Br)c2)cc1. The molecule has 92 valence electrons. The highest BCUT2D eigenvalue weighted by molar-refractivity contribution is 9.10. The molecule has 0 aliphatic heterocycles. The van der Waals surface area contributed by atoms with Gasteiger partial charge in [-0.15, -0.1) is 0 Å². The van der Waals surface area contributed by atoms with E-state index in [4.69, 9.17) is 4.74 Å². The Balaban J connectivity index is 2.11. The molecule has 0 spiro atoms. The number of halogens is 1. The second-order valence-corrected chi connectivity index (χ2v) is 4.61. The summed E-state index contributed by atoms with van der Waals surface area (Å²) in [7, 11) is 1.59. The summed E-state index contributed by atoms with van der Waals surface area (Å²) < 4.78 is 5.97. The van der Waals surface area contributed by atoms with Crippen LogP contribution in [0.1, 0.15) is 10.4 Å². The van der Waals surface area contributed by atoms with Crippen LogP contribution in [0.15, 0.2) is 53.0 Å². The van der Waals surface area contributed by atoms with Gasteiger partial charge in [0, 0.05) is 15.7 Å². The molecule has 18 heavy (non-hydrogen) atoms. The molecule has 0 saturated carbocycles. The lowest BCUT2D eigenvalue weighted by atomic mass is 10.2. The molecule has 4 heteroatoms. The molecule has 0 aliphatic carbocycles. The van der Waals surface area contributed by atoms with Crippen LogP contribution in [-0.4, -0.2) is 13.0 Å². The number of hydrogen-bond acceptors (Lipinski definition) is 2. The summed E-state index contributed by atoms with van der Waals surface area (Å²) in [5.41, 5.74) is 1.35. The second kappa shape index (κ2) is 5.69. The van der Waals surface area contributed by atoms with Crippen molar-refractivity contribution in [3.8, 4) is 5.75 Å². The van der Waals surface area contributed by atoms with Crippen molar-refractivity contribution in [1.82, 2.24) is 0 Å².